The molecule has 0 aliphatic heterocycles. The molecule has 7 heteroatoms. The van der Waals surface area contributed by atoms with Crippen molar-refractivity contribution in [2.75, 3.05) is 10.0 Å². The third-order valence-electron chi connectivity index (χ3n) is 3.80. The van der Waals surface area contributed by atoms with Gasteiger partial charge in [0.05, 0.1) is 0 Å². The van der Waals surface area contributed by atoms with Crippen LogP contribution in [0.5, 0.6) is 0 Å². The highest BCUT2D eigenvalue weighted by atomic mass is 32.2. The molecule has 2 N–H and O–H groups in total. The number of halogens is 1. The number of anilines is 2. The van der Waals surface area contributed by atoms with Crippen molar-refractivity contribution in [1.29, 1.82) is 0 Å². The van der Waals surface area contributed by atoms with E-state index in [-0.39, 0.29) is 11.8 Å². The van der Waals surface area contributed by atoms with Gasteiger partial charge in [0.1, 0.15) is 10.7 Å². The molecule has 3 rings (SSSR count). The van der Waals surface area contributed by atoms with Gasteiger partial charge in [-0.05, 0) is 49.6 Å². The monoisotopic (exact) mass is 348 g/mol. The Bertz CT molecular complexity index is 878. The van der Waals surface area contributed by atoms with Crippen molar-refractivity contribution >= 4 is 27.3 Å². The lowest BCUT2D eigenvalue weighted by Crippen LogP contribution is -2.18. The fourth-order valence-electron chi connectivity index (χ4n) is 2.29. The molecule has 0 saturated heterocycles. The molecule has 0 bridgehead atoms. The van der Waals surface area contributed by atoms with E-state index in [0.29, 0.717) is 16.9 Å². The molecule has 0 unspecified atom stereocenters. The second-order valence-corrected chi connectivity index (χ2v) is 7.48. The number of nitrogens with one attached hydrogen (secondary N) is 2. The zero-order valence-corrected chi connectivity index (χ0v) is 13.9. The van der Waals surface area contributed by atoms with Crippen molar-refractivity contribution in [3.63, 3.8) is 0 Å². The van der Waals surface area contributed by atoms with E-state index in [1.807, 2.05) is 0 Å². The van der Waals surface area contributed by atoms with Gasteiger partial charge in [-0.15, -0.1) is 0 Å². The molecule has 126 valence electrons. The zero-order chi connectivity index (χ0) is 17.3. The summed E-state index contributed by atoms with van der Waals surface area (Å²) in [6, 6.07) is 10.5. The number of benzene rings is 2. The van der Waals surface area contributed by atoms with Crippen LogP contribution in [0.2, 0.25) is 0 Å². The number of sulfonamides is 1. The largest absolute Gasteiger partial charge is 0.326 e. The summed E-state index contributed by atoms with van der Waals surface area (Å²) in [5.41, 5.74) is 1.11. The first kappa shape index (κ1) is 16.4. The molecule has 2 aromatic rings. The molecule has 24 heavy (non-hydrogen) atoms. The van der Waals surface area contributed by atoms with E-state index in [1.54, 1.807) is 37.3 Å². The van der Waals surface area contributed by atoms with Crippen molar-refractivity contribution in [1.82, 2.24) is 0 Å². The predicted octanol–water partition coefficient (Wildman–Crippen LogP) is 3.28. The lowest BCUT2D eigenvalue weighted by molar-refractivity contribution is -0.117. The topological polar surface area (TPSA) is 75.3 Å². The van der Waals surface area contributed by atoms with Gasteiger partial charge >= 0.3 is 0 Å². The van der Waals surface area contributed by atoms with Crippen molar-refractivity contribution in [3.05, 3.63) is 53.8 Å². The normalized spacial score (nSPS) is 14.2. The highest BCUT2D eigenvalue weighted by molar-refractivity contribution is 7.92. The Morgan fingerprint density at radius 2 is 1.83 bits per heavy atom. The smallest absolute Gasteiger partial charge is 0.264 e. The number of para-hydroxylation sites is 1. The van der Waals surface area contributed by atoms with Crippen LogP contribution >= 0.6 is 0 Å². The molecule has 0 radical (unpaired) electrons. The third-order valence-corrected chi connectivity index (χ3v) is 5.20. The Morgan fingerprint density at radius 1 is 1.17 bits per heavy atom. The first-order valence-corrected chi connectivity index (χ1v) is 9.04. The SMILES string of the molecule is Cc1cc(F)c(S(=O)(=O)Nc2ccccc2)cc1NC(=O)C1CC1. The van der Waals surface area contributed by atoms with Crippen LogP contribution in [0.3, 0.4) is 0 Å². The molecular weight excluding hydrogens is 331 g/mol. The van der Waals surface area contributed by atoms with Crippen LogP contribution in [0.25, 0.3) is 0 Å². The summed E-state index contributed by atoms with van der Waals surface area (Å²) in [4.78, 5) is 11.4. The highest BCUT2D eigenvalue weighted by Crippen LogP contribution is 2.32. The van der Waals surface area contributed by atoms with Crippen LogP contribution < -0.4 is 10.0 Å². The van der Waals surface area contributed by atoms with Crippen molar-refractivity contribution in [3.8, 4) is 0 Å². The zero-order valence-electron chi connectivity index (χ0n) is 13.0. The second kappa shape index (κ2) is 6.24. The first-order valence-electron chi connectivity index (χ1n) is 7.56. The summed E-state index contributed by atoms with van der Waals surface area (Å²) in [5.74, 6) is -1.05. The molecule has 0 heterocycles. The quantitative estimate of drug-likeness (QED) is 0.871. The van der Waals surface area contributed by atoms with Gasteiger partial charge in [-0.3, -0.25) is 9.52 Å². The number of aryl methyl sites for hydroxylation is 1. The average Bonchev–Trinajstić information content (AvgIpc) is 3.35. The summed E-state index contributed by atoms with van der Waals surface area (Å²) >= 11 is 0. The van der Waals surface area contributed by atoms with Gasteiger partial charge < -0.3 is 5.32 Å². The second-order valence-electron chi connectivity index (χ2n) is 5.83. The summed E-state index contributed by atoms with van der Waals surface area (Å²) in [6.45, 7) is 1.62. The maximum absolute atomic E-state index is 14.2. The van der Waals surface area contributed by atoms with Gasteiger partial charge in [-0.1, -0.05) is 18.2 Å². The predicted molar refractivity (Wildman–Crippen MR) is 89.7 cm³/mol. The van der Waals surface area contributed by atoms with Crippen LogP contribution in [0.15, 0.2) is 47.4 Å². The molecule has 0 aromatic heterocycles. The van der Waals surface area contributed by atoms with Crippen LogP contribution in [0.4, 0.5) is 15.8 Å². The fourth-order valence-corrected chi connectivity index (χ4v) is 3.44. The summed E-state index contributed by atoms with van der Waals surface area (Å²) < 4.78 is 41.4. The number of hydrogen-bond acceptors (Lipinski definition) is 3. The molecule has 1 aliphatic rings. The van der Waals surface area contributed by atoms with Gasteiger partial charge in [-0.25, -0.2) is 12.8 Å². The van der Waals surface area contributed by atoms with Crippen LogP contribution in [-0.4, -0.2) is 14.3 Å². The van der Waals surface area contributed by atoms with E-state index in [1.165, 1.54) is 0 Å². The lowest BCUT2D eigenvalue weighted by Gasteiger charge is -2.13. The molecule has 1 fully saturated rings. The summed E-state index contributed by atoms with van der Waals surface area (Å²) in [6.07, 6.45) is 1.65. The molecule has 5 nitrogen and oxygen atoms in total. The first-order chi connectivity index (χ1) is 11.4. The van der Waals surface area contributed by atoms with Crippen molar-refractivity contribution in [2.45, 2.75) is 24.7 Å². The maximum atomic E-state index is 14.2. The Labute approximate surface area is 139 Å². The molecule has 2 aromatic carbocycles. The van der Waals surface area contributed by atoms with Crippen molar-refractivity contribution in [2.24, 2.45) is 5.92 Å². The van der Waals surface area contributed by atoms with Gasteiger partial charge in [0.25, 0.3) is 10.0 Å². The Kier molecular flexibility index (Phi) is 4.28. The number of hydrogen-bond donors (Lipinski definition) is 2. The molecule has 1 aliphatic carbocycles. The van der Waals surface area contributed by atoms with E-state index in [2.05, 4.69) is 10.0 Å². The van der Waals surface area contributed by atoms with E-state index in [4.69, 9.17) is 0 Å². The number of rotatable bonds is 5. The van der Waals surface area contributed by atoms with Gasteiger partial charge in [0.15, 0.2) is 0 Å². The van der Waals surface area contributed by atoms with Crippen LogP contribution in [-0.2, 0) is 14.8 Å². The fraction of sp³-hybridized carbons (Fsp3) is 0.235. The van der Waals surface area contributed by atoms with Crippen LogP contribution in [0, 0.1) is 18.7 Å². The standard InChI is InChI=1S/C17H17FN2O3S/c1-11-9-14(18)16(10-15(11)19-17(21)12-7-8-12)24(22,23)20-13-5-3-2-4-6-13/h2-6,9-10,12,20H,7-8H2,1H3,(H,19,21). The summed E-state index contributed by atoms with van der Waals surface area (Å²) in [5, 5.41) is 2.68. The molecule has 1 saturated carbocycles. The average molecular weight is 348 g/mol. The van der Waals surface area contributed by atoms with E-state index < -0.39 is 20.7 Å². The van der Waals surface area contributed by atoms with Gasteiger partial charge in [0, 0.05) is 17.3 Å². The Balaban J connectivity index is 1.92. The number of carbonyl (C=O) groups excluding carboxylic acids is 1. The van der Waals surface area contributed by atoms with Crippen LogP contribution in [0.1, 0.15) is 18.4 Å². The van der Waals surface area contributed by atoms with Crippen molar-refractivity contribution < 1.29 is 17.6 Å². The molecular formula is C17H17FN2O3S. The molecule has 0 atom stereocenters. The van der Waals surface area contributed by atoms with E-state index in [9.17, 15) is 17.6 Å². The number of carbonyl (C=O) groups is 1. The minimum Gasteiger partial charge on any atom is -0.326 e. The Morgan fingerprint density at radius 3 is 2.46 bits per heavy atom. The maximum Gasteiger partial charge on any atom is 0.264 e. The minimum absolute atomic E-state index is 0.0306. The molecule has 1 amide bonds. The minimum atomic E-state index is -4.10. The van der Waals surface area contributed by atoms with Gasteiger partial charge in [-0.2, -0.15) is 0 Å². The van der Waals surface area contributed by atoms with Gasteiger partial charge in [0.2, 0.25) is 5.91 Å². The number of amides is 1. The summed E-state index contributed by atoms with van der Waals surface area (Å²) in [7, 11) is -4.10. The van der Waals surface area contributed by atoms with E-state index in [0.717, 1.165) is 25.0 Å². The lowest BCUT2D eigenvalue weighted by atomic mass is 10.2. The Hall–Kier alpha value is -2.41. The highest BCUT2D eigenvalue weighted by Gasteiger charge is 2.30. The molecule has 0 spiro atoms. The van der Waals surface area contributed by atoms with E-state index >= 15 is 0 Å². The third kappa shape index (κ3) is 3.56.